The Bertz CT molecular complexity index is 669. The number of hydrogen-bond acceptors (Lipinski definition) is 4. The zero-order valence-corrected chi connectivity index (χ0v) is 17.4. The van der Waals surface area contributed by atoms with Crippen molar-refractivity contribution in [3.63, 3.8) is 0 Å². The SMILES string of the molecule is OCC#Cc1csc(CN2CCC3(CCCN(CC4CCCCC4)C3)C2)c1. The predicted molar refractivity (Wildman–Crippen MR) is 113 cm³/mol. The maximum absolute atomic E-state index is 8.85. The summed E-state index contributed by atoms with van der Waals surface area (Å²) in [4.78, 5) is 6.89. The van der Waals surface area contributed by atoms with Gasteiger partial charge in [0.15, 0.2) is 0 Å². The van der Waals surface area contributed by atoms with Crippen LogP contribution >= 0.6 is 11.3 Å². The lowest BCUT2D eigenvalue weighted by Gasteiger charge is -2.42. The molecule has 1 atom stereocenters. The molecule has 3 heterocycles. The minimum absolute atomic E-state index is 0.0584. The third-order valence-corrected chi connectivity index (χ3v) is 7.77. The fourth-order valence-corrected chi connectivity index (χ4v) is 6.45. The molecule has 0 bridgehead atoms. The minimum atomic E-state index is -0.0584. The molecule has 4 rings (SSSR count). The first kappa shape index (κ1) is 19.5. The summed E-state index contributed by atoms with van der Waals surface area (Å²) in [5, 5.41) is 11.0. The first-order chi connectivity index (χ1) is 13.2. The van der Waals surface area contributed by atoms with Crippen molar-refractivity contribution in [2.45, 2.75) is 57.9 Å². The van der Waals surface area contributed by atoms with Gasteiger partial charge >= 0.3 is 0 Å². The van der Waals surface area contributed by atoms with Crippen LogP contribution in [0.2, 0.25) is 0 Å². The Kier molecular flexibility index (Phi) is 6.55. The predicted octanol–water partition coefficient (Wildman–Crippen LogP) is 3.96. The van der Waals surface area contributed by atoms with Gasteiger partial charge in [-0.25, -0.2) is 0 Å². The molecule has 2 aliphatic heterocycles. The van der Waals surface area contributed by atoms with E-state index in [4.69, 9.17) is 5.11 Å². The van der Waals surface area contributed by atoms with Gasteiger partial charge in [0, 0.05) is 42.0 Å². The number of thiophene rings is 1. The van der Waals surface area contributed by atoms with E-state index in [0.29, 0.717) is 5.41 Å². The number of aliphatic hydroxyl groups is 1. The first-order valence-electron chi connectivity index (χ1n) is 10.9. The fraction of sp³-hybridized carbons (Fsp3) is 0.739. The topological polar surface area (TPSA) is 26.7 Å². The van der Waals surface area contributed by atoms with Crippen LogP contribution in [0.1, 0.15) is 61.8 Å². The molecule has 0 amide bonds. The molecule has 148 valence electrons. The molecule has 1 spiro atoms. The summed E-state index contributed by atoms with van der Waals surface area (Å²) < 4.78 is 0. The molecule has 1 aromatic heterocycles. The van der Waals surface area contributed by atoms with E-state index in [1.165, 1.54) is 89.0 Å². The standard InChI is InChI=1S/C23H34N2OS/c26-13-4-8-21-14-22(27-17-21)16-25-12-10-23(19-25)9-5-11-24(18-23)15-20-6-2-1-3-7-20/h14,17,20,26H,1-3,5-7,9-13,15-16,18-19H2. The van der Waals surface area contributed by atoms with E-state index in [1.807, 2.05) is 11.3 Å². The smallest absolute Gasteiger partial charge is 0.104 e. The van der Waals surface area contributed by atoms with Crippen LogP contribution in [-0.2, 0) is 6.54 Å². The van der Waals surface area contributed by atoms with E-state index >= 15 is 0 Å². The Labute approximate surface area is 168 Å². The fourth-order valence-electron chi connectivity index (χ4n) is 5.59. The molecule has 3 nitrogen and oxygen atoms in total. The van der Waals surface area contributed by atoms with E-state index in [1.54, 1.807) is 0 Å². The Morgan fingerprint density at radius 1 is 1.07 bits per heavy atom. The molecule has 0 aromatic carbocycles. The van der Waals surface area contributed by atoms with E-state index in [0.717, 1.165) is 18.0 Å². The number of rotatable bonds is 4. The second kappa shape index (κ2) is 9.09. The van der Waals surface area contributed by atoms with Crippen LogP contribution in [0.15, 0.2) is 11.4 Å². The van der Waals surface area contributed by atoms with Gasteiger partial charge in [0.25, 0.3) is 0 Å². The van der Waals surface area contributed by atoms with Gasteiger partial charge in [-0.3, -0.25) is 4.90 Å². The second-order valence-electron chi connectivity index (χ2n) is 9.06. The third-order valence-electron chi connectivity index (χ3n) is 6.84. The highest BCUT2D eigenvalue weighted by atomic mass is 32.1. The van der Waals surface area contributed by atoms with Crippen molar-refractivity contribution in [1.82, 2.24) is 9.80 Å². The van der Waals surface area contributed by atoms with Gasteiger partial charge in [-0.1, -0.05) is 31.1 Å². The lowest BCUT2D eigenvalue weighted by atomic mass is 9.78. The van der Waals surface area contributed by atoms with Crippen molar-refractivity contribution in [3.8, 4) is 11.8 Å². The zero-order chi connectivity index (χ0) is 18.5. The molecule has 1 aliphatic carbocycles. The molecular weight excluding hydrogens is 352 g/mol. The molecule has 27 heavy (non-hydrogen) atoms. The quantitative estimate of drug-likeness (QED) is 0.794. The van der Waals surface area contributed by atoms with E-state index in [-0.39, 0.29) is 6.61 Å². The van der Waals surface area contributed by atoms with Crippen molar-refractivity contribution in [3.05, 3.63) is 21.9 Å². The highest BCUT2D eigenvalue weighted by Gasteiger charge is 2.41. The minimum Gasteiger partial charge on any atom is -0.384 e. The Morgan fingerprint density at radius 2 is 1.93 bits per heavy atom. The maximum Gasteiger partial charge on any atom is 0.104 e. The van der Waals surface area contributed by atoms with E-state index in [2.05, 4.69) is 33.1 Å². The largest absolute Gasteiger partial charge is 0.384 e. The lowest BCUT2D eigenvalue weighted by molar-refractivity contribution is 0.0738. The summed E-state index contributed by atoms with van der Waals surface area (Å²) in [5.41, 5.74) is 1.60. The van der Waals surface area contributed by atoms with Gasteiger partial charge in [-0.05, 0) is 62.6 Å². The average molecular weight is 387 g/mol. The van der Waals surface area contributed by atoms with Gasteiger partial charge in [-0.15, -0.1) is 11.3 Å². The Morgan fingerprint density at radius 3 is 2.78 bits per heavy atom. The monoisotopic (exact) mass is 386 g/mol. The van der Waals surface area contributed by atoms with Crippen molar-refractivity contribution in [2.75, 3.05) is 39.3 Å². The number of hydrogen-bond donors (Lipinski definition) is 1. The summed E-state index contributed by atoms with van der Waals surface area (Å²) in [5.74, 6) is 6.74. The van der Waals surface area contributed by atoms with Crippen molar-refractivity contribution >= 4 is 11.3 Å². The van der Waals surface area contributed by atoms with Crippen LogP contribution in [0.3, 0.4) is 0 Å². The molecular formula is C23H34N2OS. The van der Waals surface area contributed by atoms with Crippen LogP contribution in [-0.4, -0.2) is 54.2 Å². The van der Waals surface area contributed by atoms with Crippen LogP contribution in [0.5, 0.6) is 0 Å². The summed E-state index contributed by atoms with van der Waals surface area (Å²) in [6.07, 6.45) is 11.5. The molecule has 1 unspecified atom stereocenters. The molecule has 0 radical (unpaired) electrons. The van der Waals surface area contributed by atoms with Crippen LogP contribution in [0.25, 0.3) is 0 Å². The molecule has 3 aliphatic rings. The highest BCUT2D eigenvalue weighted by molar-refractivity contribution is 7.10. The number of likely N-dealkylation sites (tertiary alicyclic amines) is 2. The maximum atomic E-state index is 8.85. The van der Waals surface area contributed by atoms with E-state index in [9.17, 15) is 0 Å². The summed E-state index contributed by atoms with van der Waals surface area (Å²) in [7, 11) is 0. The van der Waals surface area contributed by atoms with Gasteiger partial charge in [0.1, 0.15) is 6.61 Å². The molecule has 1 N–H and O–H groups in total. The molecule has 4 heteroatoms. The van der Waals surface area contributed by atoms with Gasteiger partial charge in [0.05, 0.1) is 0 Å². The zero-order valence-electron chi connectivity index (χ0n) is 16.6. The second-order valence-corrected chi connectivity index (χ2v) is 10.1. The van der Waals surface area contributed by atoms with E-state index < -0.39 is 0 Å². The van der Waals surface area contributed by atoms with Crippen LogP contribution in [0, 0.1) is 23.2 Å². The van der Waals surface area contributed by atoms with Gasteiger partial charge in [-0.2, -0.15) is 0 Å². The van der Waals surface area contributed by atoms with Crippen molar-refractivity contribution in [1.29, 1.82) is 0 Å². The van der Waals surface area contributed by atoms with Crippen LogP contribution < -0.4 is 0 Å². The molecule has 3 fully saturated rings. The first-order valence-corrected chi connectivity index (χ1v) is 11.7. The van der Waals surface area contributed by atoms with Gasteiger partial charge in [0.2, 0.25) is 0 Å². The number of aliphatic hydroxyl groups excluding tert-OH is 1. The normalized spacial score (nSPS) is 27.7. The number of nitrogens with zero attached hydrogens (tertiary/aromatic N) is 2. The highest BCUT2D eigenvalue weighted by Crippen LogP contribution is 2.40. The molecule has 1 saturated carbocycles. The average Bonchev–Trinajstić information content (AvgIpc) is 3.28. The van der Waals surface area contributed by atoms with Crippen LogP contribution in [0.4, 0.5) is 0 Å². The van der Waals surface area contributed by atoms with Crippen molar-refractivity contribution in [2.24, 2.45) is 11.3 Å². The molecule has 1 aromatic rings. The summed E-state index contributed by atoms with van der Waals surface area (Å²) >= 11 is 1.81. The summed E-state index contributed by atoms with van der Waals surface area (Å²) in [6, 6.07) is 2.20. The Hall–Kier alpha value is -0.860. The molecule has 2 saturated heterocycles. The summed E-state index contributed by atoms with van der Waals surface area (Å²) in [6.45, 7) is 7.54. The Balaban J connectivity index is 1.30. The number of piperidine rings is 1. The third kappa shape index (κ3) is 5.15. The van der Waals surface area contributed by atoms with Gasteiger partial charge < -0.3 is 10.0 Å². The van der Waals surface area contributed by atoms with Crippen molar-refractivity contribution < 1.29 is 5.11 Å². The lowest BCUT2D eigenvalue weighted by Crippen LogP contribution is -2.46.